The predicted octanol–water partition coefficient (Wildman–Crippen LogP) is 2.96. The van der Waals surface area contributed by atoms with Crippen molar-refractivity contribution in [1.29, 1.82) is 0 Å². The lowest BCUT2D eigenvalue weighted by atomic mass is 9.56. The maximum absolute atomic E-state index is 10.5. The fraction of sp³-hybridized carbons (Fsp3) is 0.400. The van der Waals surface area contributed by atoms with Crippen molar-refractivity contribution in [2.75, 3.05) is 13.1 Å². The average Bonchev–Trinajstić information content (AvgIpc) is 3.08. The van der Waals surface area contributed by atoms with E-state index in [1.807, 2.05) is 0 Å². The second-order valence-electron chi connectivity index (χ2n) is 6.74. The van der Waals surface area contributed by atoms with Gasteiger partial charge in [0.2, 0.25) is 0 Å². The first kappa shape index (κ1) is 14.0. The van der Waals surface area contributed by atoms with Gasteiger partial charge in [-0.3, -0.25) is 0 Å². The molecule has 2 aromatic carbocycles. The van der Waals surface area contributed by atoms with Crippen molar-refractivity contribution in [2.45, 2.75) is 24.4 Å². The van der Waals surface area contributed by atoms with E-state index >= 15 is 0 Å². The van der Waals surface area contributed by atoms with Crippen LogP contribution in [0.15, 0.2) is 60.7 Å². The molecule has 3 atom stereocenters. The molecule has 0 bridgehead atoms. The molecule has 2 N–H and O–H groups in total. The van der Waals surface area contributed by atoms with Gasteiger partial charge in [-0.2, -0.15) is 0 Å². The van der Waals surface area contributed by atoms with Crippen LogP contribution in [0.3, 0.4) is 0 Å². The van der Waals surface area contributed by atoms with Crippen LogP contribution in [-0.4, -0.2) is 24.3 Å². The molecule has 2 fully saturated rings. The van der Waals surface area contributed by atoms with Crippen LogP contribution in [0.2, 0.25) is 0 Å². The fourth-order valence-electron chi connectivity index (χ4n) is 4.77. The van der Waals surface area contributed by atoms with Crippen LogP contribution in [0.1, 0.15) is 24.0 Å². The average molecular weight is 293 g/mol. The molecule has 0 aromatic heterocycles. The second-order valence-corrected chi connectivity index (χ2v) is 6.74. The second kappa shape index (κ2) is 5.53. The highest BCUT2D eigenvalue weighted by Crippen LogP contribution is 2.51. The molecule has 1 aliphatic carbocycles. The number of benzene rings is 2. The number of aliphatic hydroxyl groups excluding tert-OH is 1. The molecule has 2 heteroatoms. The molecule has 0 amide bonds. The van der Waals surface area contributed by atoms with Gasteiger partial charge in [-0.15, -0.1) is 0 Å². The van der Waals surface area contributed by atoms with E-state index in [0.717, 1.165) is 25.9 Å². The van der Waals surface area contributed by atoms with Crippen LogP contribution >= 0.6 is 0 Å². The van der Waals surface area contributed by atoms with Gasteiger partial charge in [-0.25, -0.2) is 0 Å². The molecule has 1 saturated heterocycles. The Labute approximate surface area is 132 Å². The Kier molecular flexibility index (Phi) is 3.51. The van der Waals surface area contributed by atoms with E-state index in [0.29, 0.717) is 11.8 Å². The molecule has 2 aromatic rings. The Balaban J connectivity index is 1.90. The maximum Gasteiger partial charge on any atom is 0.0584 e. The summed E-state index contributed by atoms with van der Waals surface area (Å²) in [6, 6.07) is 21.8. The summed E-state index contributed by atoms with van der Waals surface area (Å²) in [6.07, 6.45) is 1.73. The van der Waals surface area contributed by atoms with Crippen molar-refractivity contribution in [1.82, 2.24) is 5.32 Å². The highest BCUT2D eigenvalue weighted by molar-refractivity contribution is 5.42. The lowest BCUT2D eigenvalue weighted by Gasteiger charge is -2.48. The minimum absolute atomic E-state index is 0.0237. The van der Waals surface area contributed by atoms with Gasteiger partial charge in [0.25, 0.3) is 0 Å². The van der Waals surface area contributed by atoms with Gasteiger partial charge in [0.1, 0.15) is 0 Å². The van der Waals surface area contributed by atoms with Crippen molar-refractivity contribution in [3.05, 3.63) is 71.8 Å². The van der Waals surface area contributed by atoms with E-state index in [1.165, 1.54) is 11.1 Å². The van der Waals surface area contributed by atoms with E-state index in [9.17, 15) is 5.11 Å². The molecule has 4 rings (SSSR count). The molecule has 2 aliphatic rings. The van der Waals surface area contributed by atoms with Crippen molar-refractivity contribution >= 4 is 0 Å². The van der Waals surface area contributed by atoms with Gasteiger partial charge in [-0.05, 0) is 36.4 Å². The van der Waals surface area contributed by atoms with E-state index in [2.05, 4.69) is 66.0 Å². The summed E-state index contributed by atoms with van der Waals surface area (Å²) in [7, 11) is 0. The molecule has 1 saturated carbocycles. The van der Waals surface area contributed by atoms with Crippen LogP contribution < -0.4 is 5.32 Å². The zero-order valence-corrected chi connectivity index (χ0v) is 12.8. The van der Waals surface area contributed by atoms with Gasteiger partial charge in [0, 0.05) is 17.9 Å². The number of hydrogen-bond donors (Lipinski definition) is 2. The first-order valence-electron chi connectivity index (χ1n) is 8.32. The quantitative estimate of drug-likeness (QED) is 0.892. The minimum atomic E-state index is -0.166. The standard InChI is InChI=1S/C20H23NO/c22-19-11-12-20(15-7-3-1-4-8-15,16-9-5-2-6-10-16)18-14-21-13-17(18)19/h1-10,17-19,21-22H,11-14H2/t17-,18+,19?/m0/s1. The van der Waals surface area contributed by atoms with Gasteiger partial charge in [0.15, 0.2) is 0 Å². The van der Waals surface area contributed by atoms with Gasteiger partial charge < -0.3 is 10.4 Å². The molecular weight excluding hydrogens is 270 g/mol. The van der Waals surface area contributed by atoms with Crippen LogP contribution in [-0.2, 0) is 5.41 Å². The SMILES string of the molecule is OC1CCC(c2ccccc2)(c2ccccc2)[C@@H]2CNC[C@H]12. The highest BCUT2D eigenvalue weighted by Gasteiger charge is 2.52. The molecule has 22 heavy (non-hydrogen) atoms. The molecule has 0 spiro atoms. The number of nitrogens with one attached hydrogen (secondary N) is 1. The van der Waals surface area contributed by atoms with Gasteiger partial charge in [-0.1, -0.05) is 60.7 Å². The summed E-state index contributed by atoms with van der Waals surface area (Å²) in [6.45, 7) is 1.93. The first-order chi connectivity index (χ1) is 10.8. The van der Waals surface area contributed by atoms with Crippen molar-refractivity contribution in [3.8, 4) is 0 Å². The Morgan fingerprint density at radius 2 is 1.45 bits per heavy atom. The first-order valence-corrected chi connectivity index (χ1v) is 8.32. The molecule has 2 nitrogen and oxygen atoms in total. The van der Waals surface area contributed by atoms with E-state index in [1.54, 1.807) is 0 Å². The lowest BCUT2D eigenvalue weighted by Crippen LogP contribution is -2.48. The number of rotatable bonds is 2. The summed E-state index contributed by atoms with van der Waals surface area (Å²) in [5.41, 5.74) is 2.81. The largest absolute Gasteiger partial charge is 0.393 e. The van der Waals surface area contributed by atoms with Gasteiger partial charge >= 0.3 is 0 Å². The third kappa shape index (κ3) is 2.02. The maximum atomic E-state index is 10.5. The van der Waals surface area contributed by atoms with Crippen molar-refractivity contribution in [2.24, 2.45) is 11.8 Å². The zero-order valence-electron chi connectivity index (χ0n) is 12.8. The number of aliphatic hydroxyl groups is 1. The summed E-state index contributed by atoms with van der Waals surface area (Å²) >= 11 is 0. The molecule has 0 radical (unpaired) electrons. The smallest absolute Gasteiger partial charge is 0.0584 e. The van der Waals surface area contributed by atoms with Crippen molar-refractivity contribution in [3.63, 3.8) is 0 Å². The number of hydrogen-bond acceptors (Lipinski definition) is 2. The molecule has 1 heterocycles. The van der Waals surface area contributed by atoms with Crippen LogP contribution in [0.25, 0.3) is 0 Å². The molecule has 114 valence electrons. The predicted molar refractivity (Wildman–Crippen MR) is 88.8 cm³/mol. The molecule has 1 aliphatic heterocycles. The lowest BCUT2D eigenvalue weighted by molar-refractivity contribution is 0.0238. The molecular formula is C20H23NO. The summed E-state index contributed by atoms with van der Waals surface area (Å²) in [5.74, 6) is 0.815. The topological polar surface area (TPSA) is 32.3 Å². The highest BCUT2D eigenvalue weighted by atomic mass is 16.3. The minimum Gasteiger partial charge on any atom is -0.393 e. The van der Waals surface area contributed by atoms with Crippen LogP contribution in [0.5, 0.6) is 0 Å². The Morgan fingerprint density at radius 1 is 0.864 bits per heavy atom. The normalized spacial score (nSPS) is 30.0. The Morgan fingerprint density at radius 3 is 2.05 bits per heavy atom. The summed E-state index contributed by atoms with van der Waals surface area (Å²) in [5, 5.41) is 14.0. The van der Waals surface area contributed by atoms with Crippen molar-refractivity contribution < 1.29 is 5.11 Å². The Hall–Kier alpha value is -1.64. The summed E-state index contributed by atoms with van der Waals surface area (Å²) < 4.78 is 0. The van der Waals surface area contributed by atoms with Crippen LogP contribution in [0.4, 0.5) is 0 Å². The van der Waals surface area contributed by atoms with E-state index < -0.39 is 0 Å². The van der Waals surface area contributed by atoms with E-state index in [-0.39, 0.29) is 11.5 Å². The number of fused-ring (bicyclic) bond motifs is 1. The van der Waals surface area contributed by atoms with Gasteiger partial charge in [0.05, 0.1) is 6.10 Å². The Bertz CT molecular complexity index is 585. The van der Waals surface area contributed by atoms with E-state index in [4.69, 9.17) is 0 Å². The summed E-state index contributed by atoms with van der Waals surface area (Å²) in [4.78, 5) is 0. The third-order valence-corrected chi connectivity index (χ3v) is 5.80. The molecule has 1 unspecified atom stereocenters. The monoisotopic (exact) mass is 293 g/mol. The van der Waals surface area contributed by atoms with Crippen LogP contribution in [0, 0.1) is 11.8 Å². The third-order valence-electron chi connectivity index (χ3n) is 5.80. The zero-order chi connectivity index (χ0) is 15.0. The fourth-order valence-corrected chi connectivity index (χ4v) is 4.77.